The van der Waals surface area contributed by atoms with E-state index >= 15 is 0 Å². The number of carbonyl (C=O) groups excluding carboxylic acids is 1. The predicted octanol–water partition coefficient (Wildman–Crippen LogP) is 1.08. The summed E-state index contributed by atoms with van der Waals surface area (Å²) in [6, 6.07) is 7.55. The normalized spacial score (nSPS) is 16.0. The van der Waals surface area contributed by atoms with Gasteiger partial charge in [0.15, 0.2) is 0 Å². The molecule has 0 aromatic heterocycles. The number of benzene rings is 1. The van der Waals surface area contributed by atoms with E-state index in [-0.39, 0.29) is 18.3 Å². The number of nitrogens with two attached hydrogens (primary N) is 1. The molecule has 0 radical (unpaired) electrons. The molecule has 2 rings (SSSR count). The molecule has 1 aromatic carbocycles. The lowest BCUT2D eigenvalue weighted by molar-refractivity contribution is 0.0384. The monoisotopic (exact) mass is 270 g/mol. The molecule has 1 aliphatic heterocycles. The van der Waals surface area contributed by atoms with Crippen LogP contribution in [0.25, 0.3) is 0 Å². The first-order valence-corrected chi connectivity index (χ1v) is 5.95. The van der Waals surface area contributed by atoms with Gasteiger partial charge in [0, 0.05) is 25.2 Å². The number of amides is 1. The first-order valence-electron chi connectivity index (χ1n) is 5.95. The highest BCUT2D eigenvalue weighted by molar-refractivity contribution is 5.94. The van der Waals surface area contributed by atoms with Crippen LogP contribution in [0.15, 0.2) is 24.3 Å². The van der Waals surface area contributed by atoms with E-state index in [0.29, 0.717) is 5.56 Å². The average molecular weight is 271 g/mol. The van der Waals surface area contributed by atoms with Gasteiger partial charge in [-0.05, 0) is 18.1 Å². The topological polar surface area (TPSA) is 55.6 Å². The molecule has 18 heavy (non-hydrogen) atoms. The van der Waals surface area contributed by atoms with Crippen molar-refractivity contribution >= 4 is 18.3 Å². The summed E-state index contributed by atoms with van der Waals surface area (Å²) in [5.41, 5.74) is 7.02. The van der Waals surface area contributed by atoms with Gasteiger partial charge in [0.05, 0.1) is 13.2 Å². The predicted molar refractivity (Wildman–Crippen MR) is 73.2 cm³/mol. The Hall–Kier alpha value is -1.10. The van der Waals surface area contributed by atoms with Gasteiger partial charge >= 0.3 is 0 Å². The van der Waals surface area contributed by atoms with Crippen LogP contribution in [0.4, 0.5) is 0 Å². The number of carbonyl (C=O) groups is 1. The van der Waals surface area contributed by atoms with Gasteiger partial charge in [-0.2, -0.15) is 0 Å². The molecule has 0 unspecified atom stereocenters. The molecule has 5 heteroatoms. The maximum absolute atomic E-state index is 11.3. The fraction of sp³-hybridized carbons (Fsp3) is 0.462. The summed E-state index contributed by atoms with van der Waals surface area (Å²) >= 11 is 0. The van der Waals surface area contributed by atoms with Crippen LogP contribution < -0.4 is 5.73 Å². The molecule has 1 aromatic rings. The van der Waals surface area contributed by atoms with Crippen LogP contribution in [0.1, 0.15) is 15.9 Å². The van der Waals surface area contributed by atoms with Crippen molar-refractivity contribution in [2.75, 3.05) is 32.8 Å². The summed E-state index contributed by atoms with van der Waals surface area (Å²) in [5.74, 6) is -0.345. The van der Waals surface area contributed by atoms with E-state index in [1.54, 1.807) is 6.07 Å². The van der Waals surface area contributed by atoms with Crippen LogP contribution >= 0.6 is 12.4 Å². The second kappa shape index (κ2) is 7.36. The highest BCUT2D eigenvalue weighted by atomic mass is 35.5. The molecule has 0 bridgehead atoms. The van der Waals surface area contributed by atoms with E-state index in [2.05, 4.69) is 4.90 Å². The number of rotatable bonds is 4. The Bertz CT molecular complexity index is 392. The van der Waals surface area contributed by atoms with E-state index in [9.17, 15) is 4.79 Å². The Morgan fingerprint density at radius 2 is 1.94 bits per heavy atom. The molecule has 4 nitrogen and oxygen atoms in total. The van der Waals surface area contributed by atoms with Gasteiger partial charge in [0.2, 0.25) is 5.91 Å². The van der Waals surface area contributed by atoms with Gasteiger partial charge in [-0.3, -0.25) is 9.69 Å². The van der Waals surface area contributed by atoms with Crippen molar-refractivity contribution in [2.45, 2.75) is 6.42 Å². The fourth-order valence-electron chi connectivity index (χ4n) is 2.08. The summed E-state index contributed by atoms with van der Waals surface area (Å²) in [5, 5.41) is 0. The van der Waals surface area contributed by atoms with Crippen molar-refractivity contribution in [1.29, 1.82) is 0 Å². The van der Waals surface area contributed by atoms with E-state index < -0.39 is 0 Å². The molecule has 0 atom stereocenters. The van der Waals surface area contributed by atoms with Crippen molar-refractivity contribution in [3.8, 4) is 0 Å². The minimum atomic E-state index is -0.345. The lowest BCUT2D eigenvalue weighted by atomic mass is 10.0. The summed E-state index contributed by atoms with van der Waals surface area (Å²) in [6.45, 7) is 4.50. The number of halogens is 1. The lowest BCUT2D eigenvalue weighted by Gasteiger charge is -2.26. The first kappa shape index (κ1) is 15.0. The highest BCUT2D eigenvalue weighted by Gasteiger charge is 2.12. The Kier molecular flexibility index (Phi) is 6.12. The number of nitrogens with zero attached hydrogens (tertiary/aromatic N) is 1. The molecule has 1 heterocycles. The molecule has 1 amide bonds. The average Bonchev–Trinajstić information content (AvgIpc) is 2.38. The summed E-state index contributed by atoms with van der Waals surface area (Å²) in [4.78, 5) is 13.6. The number of primary amides is 1. The molecule has 0 saturated carbocycles. The molecule has 0 spiro atoms. The van der Waals surface area contributed by atoms with Gasteiger partial charge in [0.1, 0.15) is 0 Å². The van der Waals surface area contributed by atoms with Gasteiger partial charge in [-0.25, -0.2) is 0 Å². The SMILES string of the molecule is Cl.NC(=O)c1ccccc1CCN1CCOCC1. The Labute approximate surface area is 114 Å². The number of hydrogen-bond donors (Lipinski definition) is 1. The summed E-state index contributed by atoms with van der Waals surface area (Å²) in [7, 11) is 0. The third-order valence-corrected chi connectivity index (χ3v) is 3.08. The van der Waals surface area contributed by atoms with Crippen LogP contribution in [0.5, 0.6) is 0 Å². The Morgan fingerprint density at radius 1 is 1.28 bits per heavy atom. The van der Waals surface area contributed by atoms with Crippen LogP contribution in [-0.2, 0) is 11.2 Å². The minimum absolute atomic E-state index is 0. The Balaban J connectivity index is 0.00000162. The van der Waals surface area contributed by atoms with Gasteiger partial charge in [-0.1, -0.05) is 18.2 Å². The molecule has 1 aliphatic rings. The quantitative estimate of drug-likeness (QED) is 0.891. The van der Waals surface area contributed by atoms with Crippen LogP contribution in [0.3, 0.4) is 0 Å². The second-order valence-electron chi connectivity index (χ2n) is 4.23. The molecule has 2 N–H and O–H groups in total. The fourth-order valence-corrected chi connectivity index (χ4v) is 2.08. The van der Waals surface area contributed by atoms with Crippen LogP contribution in [-0.4, -0.2) is 43.7 Å². The smallest absolute Gasteiger partial charge is 0.248 e. The second-order valence-corrected chi connectivity index (χ2v) is 4.23. The minimum Gasteiger partial charge on any atom is -0.379 e. The molecule has 100 valence electrons. The van der Waals surface area contributed by atoms with Crippen molar-refractivity contribution in [2.24, 2.45) is 5.73 Å². The zero-order valence-electron chi connectivity index (χ0n) is 10.3. The van der Waals surface area contributed by atoms with Gasteiger partial charge in [-0.15, -0.1) is 12.4 Å². The lowest BCUT2D eigenvalue weighted by Crippen LogP contribution is -2.37. The maximum atomic E-state index is 11.3. The molecule has 1 saturated heterocycles. The van der Waals surface area contributed by atoms with Gasteiger partial charge in [0.25, 0.3) is 0 Å². The first-order chi connectivity index (χ1) is 8.27. The van der Waals surface area contributed by atoms with Gasteiger partial charge < -0.3 is 10.5 Å². The third kappa shape index (κ3) is 3.98. The molecule has 1 fully saturated rings. The molecular formula is C13H19ClN2O2. The van der Waals surface area contributed by atoms with Crippen molar-refractivity contribution < 1.29 is 9.53 Å². The van der Waals surface area contributed by atoms with E-state index in [1.807, 2.05) is 18.2 Å². The van der Waals surface area contributed by atoms with E-state index in [1.165, 1.54) is 0 Å². The molecule has 0 aliphatic carbocycles. The third-order valence-electron chi connectivity index (χ3n) is 3.08. The maximum Gasteiger partial charge on any atom is 0.248 e. The molecular weight excluding hydrogens is 252 g/mol. The zero-order chi connectivity index (χ0) is 12.1. The van der Waals surface area contributed by atoms with Crippen LogP contribution in [0, 0.1) is 0 Å². The standard InChI is InChI=1S/C13H18N2O2.ClH/c14-13(16)12-4-2-1-3-11(12)5-6-15-7-9-17-10-8-15;/h1-4H,5-10H2,(H2,14,16);1H. The van der Waals surface area contributed by atoms with Crippen molar-refractivity contribution in [3.05, 3.63) is 35.4 Å². The number of ether oxygens (including phenoxy) is 1. The number of hydrogen-bond acceptors (Lipinski definition) is 3. The summed E-state index contributed by atoms with van der Waals surface area (Å²) in [6.07, 6.45) is 0.860. The summed E-state index contributed by atoms with van der Waals surface area (Å²) < 4.78 is 5.30. The van der Waals surface area contributed by atoms with Crippen LogP contribution in [0.2, 0.25) is 0 Å². The van der Waals surface area contributed by atoms with E-state index in [0.717, 1.165) is 44.8 Å². The highest BCUT2D eigenvalue weighted by Crippen LogP contribution is 2.10. The largest absolute Gasteiger partial charge is 0.379 e. The van der Waals surface area contributed by atoms with Crippen molar-refractivity contribution in [3.63, 3.8) is 0 Å². The van der Waals surface area contributed by atoms with E-state index in [4.69, 9.17) is 10.5 Å². The zero-order valence-corrected chi connectivity index (χ0v) is 11.1. The van der Waals surface area contributed by atoms with Crippen molar-refractivity contribution in [1.82, 2.24) is 4.90 Å². The number of morpholine rings is 1. The Morgan fingerprint density at radius 3 is 2.61 bits per heavy atom.